The third kappa shape index (κ3) is 4.95. The third-order valence-electron chi connectivity index (χ3n) is 6.34. The van der Waals surface area contributed by atoms with Gasteiger partial charge in [0, 0.05) is 29.8 Å². The maximum Gasteiger partial charge on any atom is 0.255 e. The average Bonchev–Trinajstić information content (AvgIpc) is 3.39. The van der Waals surface area contributed by atoms with Crippen molar-refractivity contribution in [3.8, 4) is 0 Å². The maximum atomic E-state index is 13.0. The molecule has 1 amide bonds. The van der Waals surface area contributed by atoms with Gasteiger partial charge in [0.05, 0.1) is 10.6 Å². The summed E-state index contributed by atoms with van der Waals surface area (Å²) in [5.41, 5.74) is 2.54. The minimum absolute atomic E-state index is 0.0232. The van der Waals surface area contributed by atoms with E-state index in [1.54, 1.807) is 43.4 Å². The minimum Gasteiger partial charge on any atom is -0.321 e. The Kier molecular flexibility index (Phi) is 6.95. The lowest BCUT2D eigenvalue weighted by Crippen LogP contribution is -2.35. The van der Waals surface area contributed by atoms with Gasteiger partial charge in [-0.05, 0) is 56.2 Å². The normalized spacial score (nSPS) is 14.3. The van der Waals surface area contributed by atoms with Crippen molar-refractivity contribution in [2.75, 3.05) is 12.4 Å². The summed E-state index contributed by atoms with van der Waals surface area (Å²) in [6, 6.07) is 20.1. The van der Waals surface area contributed by atoms with E-state index in [9.17, 15) is 18.0 Å². The number of sulfonamides is 1. The number of ketones is 1. The summed E-state index contributed by atoms with van der Waals surface area (Å²) in [6.07, 6.45) is 3.82. The van der Waals surface area contributed by atoms with Crippen molar-refractivity contribution in [2.24, 2.45) is 0 Å². The molecule has 0 aromatic heterocycles. The SMILES string of the molecule is Cc1ccc(NC(=O)c2ccc(S(=O)(=O)N(C)C3CCCC3)cc2)c(C(=O)c2ccccc2)c1. The molecular weight excluding hydrogens is 448 g/mol. The summed E-state index contributed by atoms with van der Waals surface area (Å²) in [6.45, 7) is 1.88. The van der Waals surface area contributed by atoms with Crippen LogP contribution >= 0.6 is 0 Å². The Balaban J connectivity index is 1.54. The summed E-state index contributed by atoms with van der Waals surface area (Å²) in [5, 5.41) is 2.81. The summed E-state index contributed by atoms with van der Waals surface area (Å²) in [5.74, 6) is -0.602. The Morgan fingerprint density at radius 1 is 0.882 bits per heavy atom. The van der Waals surface area contributed by atoms with Crippen molar-refractivity contribution < 1.29 is 18.0 Å². The van der Waals surface area contributed by atoms with E-state index >= 15 is 0 Å². The third-order valence-corrected chi connectivity index (χ3v) is 8.26. The van der Waals surface area contributed by atoms with Gasteiger partial charge in [-0.25, -0.2) is 8.42 Å². The lowest BCUT2D eigenvalue weighted by Gasteiger charge is -2.23. The number of rotatable bonds is 7. The van der Waals surface area contributed by atoms with Crippen LogP contribution in [0.5, 0.6) is 0 Å². The molecule has 1 N–H and O–H groups in total. The first kappa shape index (κ1) is 23.9. The first-order valence-corrected chi connectivity index (χ1v) is 12.8. The van der Waals surface area contributed by atoms with Gasteiger partial charge in [0.1, 0.15) is 0 Å². The van der Waals surface area contributed by atoms with Crippen molar-refractivity contribution in [2.45, 2.75) is 43.5 Å². The summed E-state index contributed by atoms with van der Waals surface area (Å²) in [4.78, 5) is 26.1. The summed E-state index contributed by atoms with van der Waals surface area (Å²) in [7, 11) is -2.00. The Bertz CT molecular complexity index is 1300. The van der Waals surface area contributed by atoms with Crippen LogP contribution in [0.3, 0.4) is 0 Å². The molecule has 0 saturated heterocycles. The van der Waals surface area contributed by atoms with Gasteiger partial charge in [-0.2, -0.15) is 4.31 Å². The Morgan fingerprint density at radius 3 is 2.18 bits per heavy atom. The molecule has 0 heterocycles. The number of anilines is 1. The fourth-order valence-corrected chi connectivity index (χ4v) is 5.72. The molecular formula is C27H28N2O4S. The summed E-state index contributed by atoms with van der Waals surface area (Å²) >= 11 is 0. The van der Waals surface area contributed by atoms with Crippen molar-refractivity contribution in [1.29, 1.82) is 0 Å². The predicted octanol–water partition coefficient (Wildman–Crippen LogP) is 5.04. The standard InChI is InChI=1S/C27H28N2O4S/c1-19-12-17-25(24(18-19)26(30)20-8-4-3-5-9-20)28-27(31)21-13-15-23(16-14-21)34(32,33)29(2)22-10-6-7-11-22/h3-5,8-9,12-18,22H,6-7,10-11H2,1-2H3,(H,28,31). The molecule has 0 atom stereocenters. The molecule has 1 fully saturated rings. The van der Waals surface area contributed by atoms with Gasteiger partial charge >= 0.3 is 0 Å². The predicted molar refractivity (Wildman–Crippen MR) is 133 cm³/mol. The van der Waals surface area contributed by atoms with E-state index in [1.165, 1.54) is 28.6 Å². The highest BCUT2D eigenvalue weighted by Crippen LogP contribution is 2.28. The second kappa shape index (κ2) is 9.91. The van der Waals surface area contributed by atoms with Crippen molar-refractivity contribution >= 4 is 27.4 Å². The van der Waals surface area contributed by atoms with Crippen molar-refractivity contribution in [1.82, 2.24) is 4.31 Å². The van der Waals surface area contributed by atoms with Crippen LogP contribution in [0.2, 0.25) is 0 Å². The fourth-order valence-electron chi connectivity index (χ4n) is 4.30. The van der Waals surface area contributed by atoms with Crippen molar-refractivity contribution in [3.05, 3.63) is 95.1 Å². The van der Waals surface area contributed by atoms with Gasteiger partial charge in [0.15, 0.2) is 5.78 Å². The Hall–Kier alpha value is -3.29. The van der Waals surface area contributed by atoms with E-state index in [0.717, 1.165) is 31.2 Å². The van der Waals surface area contributed by atoms with Crippen molar-refractivity contribution in [3.63, 3.8) is 0 Å². The highest BCUT2D eigenvalue weighted by atomic mass is 32.2. The quantitative estimate of drug-likeness (QED) is 0.484. The Morgan fingerprint density at radius 2 is 1.53 bits per heavy atom. The zero-order chi connectivity index (χ0) is 24.3. The first-order chi connectivity index (χ1) is 16.3. The van der Waals surface area contributed by atoms with E-state index in [0.29, 0.717) is 22.4 Å². The lowest BCUT2D eigenvalue weighted by atomic mass is 9.99. The van der Waals surface area contributed by atoms with Gasteiger partial charge < -0.3 is 5.32 Å². The molecule has 1 aliphatic rings. The van der Waals surface area contributed by atoms with E-state index in [4.69, 9.17) is 0 Å². The molecule has 0 aliphatic heterocycles. The number of aryl methyl sites for hydroxylation is 1. The smallest absolute Gasteiger partial charge is 0.255 e. The Labute approximate surface area is 200 Å². The highest BCUT2D eigenvalue weighted by Gasteiger charge is 2.30. The number of benzene rings is 3. The molecule has 34 heavy (non-hydrogen) atoms. The second-order valence-corrected chi connectivity index (χ2v) is 10.7. The molecule has 4 rings (SSSR count). The number of hydrogen-bond donors (Lipinski definition) is 1. The van der Waals surface area contributed by atoms with Crippen LogP contribution in [0.1, 0.15) is 57.5 Å². The minimum atomic E-state index is -3.62. The van der Waals surface area contributed by atoms with E-state index in [1.807, 2.05) is 19.1 Å². The summed E-state index contributed by atoms with van der Waals surface area (Å²) < 4.78 is 27.4. The topological polar surface area (TPSA) is 83.6 Å². The number of amides is 1. The molecule has 1 aliphatic carbocycles. The van der Waals surface area contributed by atoms with E-state index in [-0.39, 0.29) is 16.7 Å². The number of nitrogens with one attached hydrogen (secondary N) is 1. The van der Waals surface area contributed by atoms with Crippen LogP contribution in [0, 0.1) is 6.92 Å². The number of carbonyl (C=O) groups is 2. The molecule has 3 aromatic rings. The second-order valence-electron chi connectivity index (χ2n) is 8.68. The number of nitrogens with zero attached hydrogens (tertiary/aromatic N) is 1. The average molecular weight is 477 g/mol. The molecule has 6 nitrogen and oxygen atoms in total. The molecule has 1 saturated carbocycles. The molecule has 0 radical (unpaired) electrons. The molecule has 3 aromatic carbocycles. The van der Waals surface area contributed by atoms with Gasteiger partial charge in [-0.15, -0.1) is 0 Å². The van der Waals surface area contributed by atoms with Crippen LogP contribution in [0.25, 0.3) is 0 Å². The molecule has 7 heteroatoms. The number of carbonyl (C=O) groups excluding carboxylic acids is 2. The highest BCUT2D eigenvalue weighted by molar-refractivity contribution is 7.89. The fraction of sp³-hybridized carbons (Fsp3) is 0.259. The molecule has 0 unspecified atom stereocenters. The van der Waals surface area contributed by atoms with Gasteiger partial charge in [0.2, 0.25) is 10.0 Å². The number of hydrogen-bond acceptors (Lipinski definition) is 4. The van der Waals surface area contributed by atoms with Crippen LogP contribution in [-0.4, -0.2) is 37.5 Å². The van der Waals surface area contributed by atoms with Crippen LogP contribution in [0.4, 0.5) is 5.69 Å². The molecule has 0 spiro atoms. The van der Waals surface area contributed by atoms with Crippen LogP contribution < -0.4 is 5.32 Å². The zero-order valence-corrected chi connectivity index (χ0v) is 20.1. The molecule has 0 bridgehead atoms. The largest absolute Gasteiger partial charge is 0.321 e. The first-order valence-electron chi connectivity index (χ1n) is 11.4. The van der Waals surface area contributed by atoms with Gasteiger partial charge in [0.25, 0.3) is 5.91 Å². The lowest BCUT2D eigenvalue weighted by molar-refractivity contribution is 0.102. The monoisotopic (exact) mass is 476 g/mol. The molecule has 176 valence electrons. The van der Waals surface area contributed by atoms with Crippen LogP contribution in [-0.2, 0) is 10.0 Å². The van der Waals surface area contributed by atoms with Crippen LogP contribution in [0.15, 0.2) is 77.7 Å². The van der Waals surface area contributed by atoms with Gasteiger partial charge in [-0.3, -0.25) is 9.59 Å². The zero-order valence-electron chi connectivity index (χ0n) is 19.3. The van der Waals surface area contributed by atoms with E-state index in [2.05, 4.69) is 5.32 Å². The maximum absolute atomic E-state index is 13.0. The van der Waals surface area contributed by atoms with E-state index < -0.39 is 15.9 Å². The van der Waals surface area contributed by atoms with Gasteiger partial charge in [-0.1, -0.05) is 54.8 Å².